The number of carbonyl (C=O) groups is 1. The number of nitrogens with zero attached hydrogens (tertiary/aromatic N) is 3. The topological polar surface area (TPSA) is 36.4 Å². The first-order valence-electron chi connectivity index (χ1n) is 10.3. The van der Waals surface area contributed by atoms with Crippen LogP contribution in [0.15, 0.2) is 48.7 Å². The van der Waals surface area contributed by atoms with Gasteiger partial charge < -0.3 is 0 Å². The Morgan fingerprint density at radius 3 is 2.54 bits per heavy atom. The zero-order valence-corrected chi connectivity index (χ0v) is 17.0. The lowest BCUT2D eigenvalue weighted by Gasteiger charge is -2.42. The number of halogens is 1. The standard InChI is InChI=1S/C23H28ClN3O/c24-20-8-6-18(7-9-20)23(28)19-4-3-13-27(16-19)22-10-14-26(15-11-22)17-21-5-1-2-12-25-21/h1-2,5-9,12,19,22H,3-4,10-11,13-17H2. The van der Waals surface area contributed by atoms with Crippen molar-refractivity contribution in [3.05, 3.63) is 64.9 Å². The van der Waals surface area contributed by atoms with Gasteiger partial charge in [0.2, 0.25) is 0 Å². The van der Waals surface area contributed by atoms with Gasteiger partial charge in [0, 0.05) is 54.9 Å². The Hall–Kier alpha value is -1.75. The molecule has 0 aliphatic carbocycles. The highest BCUT2D eigenvalue weighted by molar-refractivity contribution is 6.30. The van der Waals surface area contributed by atoms with E-state index in [2.05, 4.69) is 26.9 Å². The number of benzene rings is 1. The lowest BCUT2D eigenvalue weighted by Crippen LogP contribution is -2.49. The van der Waals surface area contributed by atoms with Crippen LogP contribution < -0.4 is 0 Å². The molecule has 1 atom stereocenters. The molecule has 5 heteroatoms. The Labute approximate surface area is 172 Å². The number of Topliss-reactive ketones (excluding diaryl/α,β-unsaturated/α-hetero) is 1. The Balaban J connectivity index is 1.30. The molecule has 4 nitrogen and oxygen atoms in total. The van der Waals surface area contributed by atoms with Gasteiger partial charge in [-0.1, -0.05) is 17.7 Å². The number of rotatable bonds is 5. The predicted octanol–water partition coefficient (Wildman–Crippen LogP) is 4.29. The van der Waals surface area contributed by atoms with Gasteiger partial charge in [-0.15, -0.1) is 0 Å². The van der Waals surface area contributed by atoms with E-state index in [9.17, 15) is 4.79 Å². The summed E-state index contributed by atoms with van der Waals surface area (Å²) in [6.07, 6.45) is 6.33. The first kappa shape index (κ1) is 19.6. The molecule has 0 bridgehead atoms. The fourth-order valence-corrected chi connectivity index (χ4v) is 4.69. The number of piperidine rings is 2. The van der Waals surface area contributed by atoms with E-state index in [1.165, 1.54) is 12.8 Å². The first-order valence-corrected chi connectivity index (χ1v) is 10.7. The summed E-state index contributed by atoms with van der Waals surface area (Å²) >= 11 is 5.96. The maximum absolute atomic E-state index is 12.9. The zero-order valence-electron chi connectivity index (χ0n) is 16.3. The van der Waals surface area contributed by atoms with E-state index in [-0.39, 0.29) is 11.7 Å². The number of hydrogen-bond donors (Lipinski definition) is 0. The second kappa shape index (κ2) is 9.17. The molecular formula is C23H28ClN3O. The lowest BCUT2D eigenvalue weighted by molar-refractivity contribution is 0.0583. The van der Waals surface area contributed by atoms with Crippen LogP contribution in [-0.4, -0.2) is 52.8 Å². The molecule has 0 spiro atoms. The lowest BCUT2D eigenvalue weighted by atomic mass is 9.88. The molecule has 28 heavy (non-hydrogen) atoms. The van der Waals surface area contributed by atoms with Gasteiger partial charge in [0.1, 0.15) is 0 Å². The van der Waals surface area contributed by atoms with Crippen molar-refractivity contribution >= 4 is 17.4 Å². The fourth-order valence-electron chi connectivity index (χ4n) is 4.57. The van der Waals surface area contributed by atoms with Crippen molar-refractivity contribution in [2.75, 3.05) is 26.2 Å². The highest BCUT2D eigenvalue weighted by Crippen LogP contribution is 2.27. The van der Waals surface area contributed by atoms with Crippen molar-refractivity contribution in [1.82, 2.24) is 14.8 Å². The second-order valence-corrected chi connectivity index (χ2v) is 8.47. The molecule has 2 aliphatic heterocycles. The van der Waals surface area contributed by atoms with E-state index in [1.807, 2.05) is 36.5 Å². The Kier molecular flexibility index (Phi) is 6.40. The summed E-state index contributed by atoms with van der Waals surface area (Å²) in [5.74, 6) is 0.385. The quantitative estimate of drug-likeness (QED) is 0.705. The molecule has 1 aromatic heterocycles. The maximum atomic E-state index is 12.9. The van der Waals surface area contributed by atoms with E-state index in [4.69, 9.17) is 11.6 Å². The zero-order chi connectivity index (χ0) is 19.3. The number of ketones is 1. The number of likely N-dealkylation sites (tertiary alicyclic amines) is 2. The summed E-state index contributed by atoms with van der Waals surface area (Å²) in [6, 6.07) is 14.1. The second-order valence-electron chi connectivity index (χ2n) is 8.03. The van der Waals surface area contributed by atoms with Crippen LogP contribution in [0.3, 0.4) is 0 Å². The SMILES string of the molecule is O=C(c1ccc(Cl)cc1)C1CCCN(C2CCN(Cc3ccccn3)CC2)C1. The minimum Gasteiger partial charge on any atom is -0.300 e. The summed E-state index contributed by atoms with van der Waals surface area (Å²) < 4.78 is 0. The van der Waals surface area contributed by atoms with Crippen LogP contribution in [-0.2, 0) is 6.54 Å². The van der Waals surface area contributed by atoms with E-state index in [0.717, 1.165) is 56.8 Å². The van der Waals surface area contributed by atoms with E-state index in [0.29, 0.717) is 11.1 Å². The Morgan fingerprint density at radius 1 is 1.04 bits per heavy atom. The van der Waals surface area contributed by atoms with Crippen molar-refractivity contribution in [3.63, 3.8) is 0 Å². The highest BCUT2D eigenvalue weighted by atomic mass is 35.5. The molecule has 4 rings (SSSR count). The average molecular weight is 398 g/mol. The molecule has 3 heterocycles. The van der Waals surface area contributed by atoms with E-state index in [1.54, 1.807) is 0 Å². The third-order valence-corrected chi connectivity index (χ3v) is 6.39. The van der Waals surface area contributed by atoms with Crippen LogP contribution in [0.25, 0.3) is 0 Å². The van der Waals surface area contributed by atoms with E-state index >= 15 is 0 Å². The number of carbonyl (C=O) groups excluding carboxylic acids is 1. The third kappa shape index (κ3) is 4.80. The molecule has 1 aromatic carbocycles. The maximum Gasteiger partial charge on any atom is 0.167 e. The molecule has 0 radical (unpaired) electrons. The molecule has 148 valence electrons. The normalized spacial score (nSPS) is 22.2. The van der Waals surface area contributed by atoms with Crippen molar-refractivity contribution in [2.24, 2.45) is 5.92 Å². The smallest absolute Gasteiger partial charge is 0.167 e. The molecule has 0 N–H and O–H groups in total. The Bertz CT molecular complexity index is 772. The largest absolute Gasteiger partial charge is 0.300 e. The van der Waals surface area contributed by atoms with Crippen molar-refractivity contribution in [1.29, 1.82) is 0 Å². The van der Waals surface area contributed by atoms with Gasteiger partial charge in [0.05, 0.1) is 5.69 Å². The average Bonchev–Trinajstić information content (AvgIpc) is 2.75. The van der Waals surface area contributed by atoms with Gasteiger partial charge in [0.15, 0.2) is 5.78 Å². The first-order chi connectivity index (χ1) is 13.7. The fraction of sp³-hybridized carbons (Fsp3) is 0.478. The summed E-state index contributed by atoms with van der Waals surface area (Å²) in [6.45, 7) is 5.16. The third-order valence-electron chi connectivity index (χ3n) is 6.14. The van der Waals surface area contributed by atoms with Gasteiger partial charge in [-0.05, 0) is 68.6 Å². The van der Waals surface area contributed by atoms with Gasteiger partial charge in [-0.2, -0.15) is 0 Å². The summed E-state index contributed by atoms with van der Waals surface area (Å²) in [4.78, 5) is 22.4. The monoisotopic (exact) mass is 397 g/mol. The van der Waals surface area contributed by atoms with Crippen LogP contribution in [0.5, 0.6) is 0 Å². The number of pyridine rings is 1. The van der Waals surface area contributed by atoms with Crippen molar-refractivity contribution in [3.8, 4) is 0 Å². The van der Waals surface area contributed by atoms with Gasteiger partial charge in [-0.3, -0.25) is 19.6 Å². The Morgan fingerprint density at radius 2 is 1.82 bits per heavy atom. The van der Waals surface area contributed by atoms with Crippen LogP contribution >= 0.6 is 11.6 Å². The molecule has 0 saturated carbocycles. The number of hydrogen-bond acceptors (Lipinski definition) is 4. The predicted molar refractivity (Wildman–Crippen MR) is 113 cm³/mol. The van der Waals surface area contributed by atoms with Gasteiger partial charge >= 0.3 is 0 Å². The summed E-state index contributed by atoms with van der Waals surface area (Å²) in [7, 11) is 0. The van der Waals surface area contributed by atoms with Crippen LogP contribution in [0.1, 0.15) is 41.7 Å². The minimum atomic E-state index is 0.112. The highest BCUT2D eigenvalue weighted by Gasteiger charge is 2.32. The molecule has 2 aromatic rings. The molecule has 1 unspecified atom stereocenters. The van der Waals surface area contributed by atoms with Gasteiger partial charge in [-0.25, -0.2) is 0 Å². The molecule has 0 amide bonds. The molecular weight excluding hydrogens is 370 g/mol. The molecule has 2 fully saturated rings. The summed E-state index contributed by atoms with van der Waals surface area (Å²) in [5, 5.41) is 0.680. The minimum absolute atomic E-state index is 0.112. The van der Waals surface area contributed by atoms with Crippen LogP contribution in [0, 0.1) is 5.92 Å². The van der Waals surface area contributed by atoms with Crippen molar-refractivity contribution in [2.45, 2.75) is 38.3 Å². The number of aromatic nitrogens is 1. The summed E-state index contributed by atoms with van der Waals surface area (Å²) in [5.41, 5.74) is 1.94. The van der Waals surface area contributed by atoms with Gasteiger partial charge in [0.25, 0.3) is 0 Å². The van der Waals surface area contributed by atoms with Crippen molar-refractivity contribution < 1.29 is 4.79 Å². The van der Waals surface area contributed by atoms with Crippen LogP contribution in [0.4, 0.5) is 0 Å². The molecule has 2 saturated heterocycles. The molecule has 2 aliphatic rings. The van der Waals surface area contributed by atoms with Crippen LogP contribution in [0.2, 0.25) is 5.02 Å². The van der Waals surface area contributed by atoms with E-state index < -0.39 is 0 Å².